The van der Waals surface area contributed by atoms with Gasteiger partial charge in [-0.3, -0.25) is 4.79 Å². The highest BCUT2D eigenvalue weighted by atomic mass is 79.9. The first-order valence-corrected chi connectivity index (χ1v) is 6.94. The van der Waals surface area contributed by atoms with Gasteiger partial charge in [0.1, 0.15) is 0 Å². The highest BCUT2D eigenvalue weighted by Crippen LogP contribution is 2.23. The lowest BCUT2D eigenvalue weighted by Crippen LogP contribution is -2.12. The Hall–Kier alpha value is -2.74. The number of halogens is 1. The summed E-state index contributed by atoms with van der Waals surface area (Å²) in [5.41, 5.74) is 6.34. The van der Waals surface area contributed by atoms with Gasteiger partial charge >= 0.3 is 5.97 Å². The second-order valence-corrected chi connectivity index (χ2v) is 5.42. The van der Waals surface area contributed by atoms with Crippen LogP contribution in [0.25, 0.3) is 16.7 Å². The molecule has 0 radical (unpaired) electrons. The van der Waals surface area contributed by atoms with E-state index in [2.05, 4.69) is 26.0 Å². The van der Waals surface area contributed by atoms with E-state index in [-0.39, 0.29) is 11.3 Å². The molecule has 0 atom stereocenters. The van der Waals surface area contributed by atoms with Gasteiger partial charge in [0.15, 0.2) is 11.3 Å². The Morgan fingerprint density at radius 2 is 2.05 bits per heavy atom. The summed E-state index contributed by atoms with van der Waals surface area (Å²) in [7, 11) is 0. The van der Waals surface area contributed by atoms with Crippen molar-refractivity contribution in [1.29, 1.82) is 0 Å². The van der Waals surface area contributed by atoms with E-state index >= 15 is 0 Å². The number of carbonyl (C=O) groups is 2. The molecule has 0 spiro atoms. The smallest absolute Gasteiger partial charge is 0.357 e. The Labute approximate surface area is 132 Å². The van der Waals surface area contributed by atoms with Crippen LogP contribution in [0.5, 0.6) is 0 Å². The summed E-state index contributed by atoms with van der Waals surface area (Å²) in [5.74, 6) is -1.74. The molecule has 0 unspecified atom stereocenters. The molecule has 0 saturated heterocycles. The minimum absolute atomic E-state index is 0.108. The number of pyridine rings is 1. The Bertz CT molecular complexity index is 920. The second-order valence-electron chi connectivity index (χ2n) is 4.50. The predicted octanol–water partition coefficient (Wildman–Crippen LogP) is 1.98. The van der Waals surface area contributed by atoms with E-state index in [9.17, 15) is 14.7 Å². The predicted molar refractivity (Wildman–Crippen MR) is 82.0 cm³/mol. The molecule has 7 nitrogen and oxygen atoms in total. The number of aromatic nitrogens is 3. The van der Waals surface area contributed by atoms with E-state index in [1.54, 1.807) is 30.5 Å². The van der Waals surface area contributed by atoms with Crippen LogP contribution in [0.4, 0.5) is 0 Å². The van der Waals surface area contributed by atoms with Crippen molar-refractivity contribution in [2.45, 2.75) is 0 Å². The summed E-state index contributed by atoms with van der Waals surface area (Å²) < 4.78 is 1.99. The van der Waals surface area contributed by atoms with E-state index < -0.39 is 11.9 Å². The first kappa shape index (κ1) is 14.2. The SMILES string of the molecule is NC(=O)c1cc(Br)cc(-n2nc(C(=O)O)c3cccnc32)c1. The van der Waals surface area contributed by atoms with E-state index in [4.69, 9.17) is 5.73 Å². The Kier molecular flexibility index (Phi) is 3.38. The number of hydrogen-bond acceptors (Lipinski definition) is 4. The van der Waals surface area contributed by atoms with Crippen molar-refractivity contribution in [3.05, 3.63) is 52.3 Å². The van der Waals surface area contributed by atoms with Crippen molar-refractivity contribution >= 4 is 38.8 Å². The zero-order valence-electron chi connectivity index (χ0n) is 11.0. The molecular formula is C14H9BrN4O3. The first-order chi connectivity index (χ1) is 10.5. The fourth-order valence-corrected chi connectivity index (χ4v) is 2.61. The summed E-state index contributed by atoms with van der Waals surface area (Å²) in [6.07, 6.45) is 1.54. The molecule has 2 aromatic heterocycles. The van der Waals surface area contributed by atoms with Crippen LogP contribution >= 0.6 is 15.9 Å². The normalized spacial score (nSPS) is 10.8. The van der Waals surface area contributed by atoms with Crippen molar-refractivity contribution in [2.24, 2.45) is 5.73 Å². The van der Waals surface area contributed by atoms with Crippen molar-refractivity contribution in [3.63, 3.8) is 0 Å². The quantitative estimate of drug-likeness (QED) is 0.741. The van der Waals surface area contributed by atoms with Crippen molar-refractivity contribution in [2.75, 3.05) is 0 Å². The third-order valence-corrected chi connectivity index (χ3v) is 3.51. The number of fused-ring (bicyclic) bond motifs is 1. The van der Waals surface area contributed by atoms with Gasteiger partial charge in [-0.2, -0.15) is 5.10 Å². The summed E-state index contributed by atoms with van der Waals surface area (Å²) in [4.78, 5) is 26.9. The third kappa shape index (κ3) is 2.33. The van der Waals surface area contributed by atoms with E-state index in [1.165, 1.54) is 10.7 Å². The number of hydrogen-bond donors (Lipinski definition) is 2. The van der Waals surface area contributed by atoms with Crippen LogP contribution in [-0.4, -0.2) is 31.7 Å². The van der Waals surface area contributed by atoms with Gasteiger partial charge in [-0.15, -0.1) is 0 Å². The van der Waals surface area contributed by atoms with Crippen molar-refractivity contribution in [3.8, 4) is 5.69 Å². The molecule has 8 heteroatoms. The molecule has 0 aliphatic rings. The number of carbonyl (C=O) groups excluding carboxylic acids is 1. The van der Waals surface area contributed by atoms with Crippen LogP contribution in [0.2, 0.25) is 0 Å². The molecule has 0 aliphatic carbocycles. The van der Waals surface area contributed by atoms with E-state index in [1.807, 2.05) is 0 Å². The number of rotatable bonds is 3. The van der Waals surface area contributed by atoms with Crippen LogP contribution in [0.3, 0.4) is 0 Å². The van der Waals surface area contributed by atoms with Gasteiger partial charge in [-0.25, -0.2) is 14.5 Å². The summed E-state index contributed by atoms with van der Waals surface area (Å²) in [6, 6.07) is 8.06. The average Bonchev–Trinajstić information content (AvgIpc) is 2.86. The van der Waals surface area contributed by atoms with Crippen molar-refractivity contribution in [1.82, 2.24) is 14.8 Å². The number of benzene rings is 1. The van der Waals surface area contributed by atoms with E-state index in [0.717, 1.165) is 0 Å². The van der Waals surface area contributed by atoms with Gasteiger partial charge in [0.2, 0.25) is 5.91 Å². The third-order valence-electron chi connectivity index (χ3n) is 3.06. The number of carboxylic acids is 1. The highest BCUT2D eigenvalue weighted by Gasteiger charge is 2.18. The van der Waals surface area contributed by atoms with Crippen LogP contribution in [-0.2, 0) is 0 Å². The summed E-state index contributed by atoms with van der Waals surface area (Å²) in [5, 5.41) is 13.7. The Morgan fingerprint density at radius 1 is 1.27 bits per heavy atom. The molecule has 3 aromatic rings. The molecule has 1 aromatic carbocycles. The minimum atomic E-state index is -1.15. The molecule has 0 saturated carbocycles. The van der Waals surface area contributed by atoms with Gasteiger partial charge in [0, 0.05) is 16.2 Å². The number of nitrogens with two attached hydrogens (primary N) is 1. The molecule has 0 aliphatic heterocycles. The minimum Gasteiger partial charge on any atom is -0.476 e. The largest absolute Gasteiger partial charge is 0.476 e. The zero-order valence-corrected chi connectivity index (χ0v) is 12.6. The fourth-order valence-electron chi connectivity index (χ4n) is 2.13. The molecule has 2 heterocycles. The second kappa shape index (κ2) is 5.23. The fraction of sp³-hybridized carbons (Fsp3) is 0. The van der Waals surface area contributed by atoms with Crippen LogP contribution in [0.1, 0.15) is 20.8 Å². The number of primary amides is 1. The van der Waals surface area contributed by atoms with E-state index in [0.29, 0.717) is 21.2 Å². The van der Waals surface area contributed by atoms with Gasteiger partial charge in [-0.05, 0) is 30.3 Å². The highest BCUT2D eigenvalue weighted by molar-refractivity contribution is 9.10. The Morgan fingerprint density at radius 3 is 2.73 bits per heavy atom. The van der Waals surface area contributed by atoms with Crippen LogP contribution in [0.15, 0.2) is 41.0 Å². The maximum atomic E-state index is 11.4. The molecule has 1 amide bonds. The molecule has 0 bridgehead atoms. The van der Waals surface area contributed by atoms with Gasteiger partial charge in [-0.1, -0.05) is 15.9 Å². The van der Waals surface area contributed by atoms with Crippen molar-refractivity contribution < 1.29 is 14.7 Å². The van der Waals surface area contributed by atoms with Gasteiger partial charge < -0.3 is 10.8 Å². The van der Waals surface area contributed by atoms with Gasteiger partial charge in [0.05, 0.1) is 11.1 Å². The number of nitrogens with zero attached hydrogens (tertiary/aromatic N) is 3. The lowest BCUT2D eigenvalue weighted by Gasteiger charge is -2.05. The standard InChI is InChI=1S/C14H9BrN4O3/c15-8-4-7(12(16)20)5-9(6-8)19-13-10(2-1-3-17-13)11(18-19)14(21)22/h1-6H,(H2,16,20)(H,21,22). The average molecular weight is 361 g/mol. The molecular weight excluding hydrogens is 352 g/mol. The Balaban J connectivity index is 2.31. The lowest BCUT2D eigenvalue weighted by atomic mass is 10.2. The molecule has 110 valence electrons. The lowest BCUT2D eigenvalue weighted by molar-refractivity contribution is 0.0691. The number of aromatic carboxylic acids is 1. The molecule has 22 heavy (non-hydrogen) atoms. The maximum absolute atomic E-state index is 11.4. The monoisotopic (exact) mass is 360 g/mol. The van der Waals surface area contributed by atoms with Gasteiger partial charge in [0.25, 0.3) is 0 Å². The summed E-state index contributed by atoms with van der Waals surface area (Å²) in [6.45, 7) is 0. The number of carboxylic acid groups (broad SMARTS) is 1. The number of amides is 1. The van der Waals surface area contributed by atoms with Crippen LogP contribution in [0, 0.1) is 0 Å². The molecule has 3 N–H and O–H groups in total. The zero-order chi connectivity index (χ0) is 15.9. The topological polar surface area (TPSA) is 111 Å². The molecule has 3 rings (SSSR count). The maximum Gasteiger partial charge on any atom is 0.357 e. The summed E-state index contributed by atoms with van der Waals surface area (Å²) >= 11 is 3.29. The first-order valence-electron chi connectivity index (χ1n) is 6.15. The van der Waals surface area contributed by atoms with Crippen LogP contribution < -0.4 is 5.73 Å². The molecule has 0 fully saturated rings.